The third-order valence-corrected chi connectivity index (χ3v) is 8.80. The number of hydrogen-bond donors (Lipinski definition) is 2. The predicted molar refractivity (Wildman–Crippen MR) is 185 cm³/mol. The lowest BCUT2D eigenvalue weighted by molar-refractivity contribution is -0.208. The minimum atomic E-state index is -0.687. The van der Waals surface area contributed by atoms with Crippen LogP contribution in [0.25, 0.3) is 11.3 Å². The van der Waals surface area contributed by atoms with Gasteiger partial charge in [-0.1, -0.05) is 69.5 Å². The molecule has 3 aromatic rings. The van der Waals surface area contributed by atoms with Crippen molar-refractivity contribution in [1.82, 2.24) is 15.7 Å². The van der Waals surface area contributed by atoms with Gasteiger partial charge < -0.3 is 29.4 Å². The number of carbonyl (C=O) groups excluding carboxylic acids is 6. The SMILES string of the molecule is CCCCCC(C(=O)NCNC(=O)c1ccc(-c2ccc(C=O)c(OCC(=O)OCc3ccccc3)c2)o1)C(CC)N(C=O)OC(=O)C1(C)CC1. The molecule has 3 amide bonds. The maximum absolute atomic E-state index is 13.4. The molecule has 51 heavy (non-hydrogen) atoms. The molecule has 1 aliphatic carbocycles. The number of aldehydes is 1. The lowest BCUT2D eigenvalue weighted by atomic mass is 9.90. The van der Waals surface area contributed by atoms with E-state index in [0.717, 1.165) is 29.9 Å². The van der Waals surface area contributed by atoms with Crippen LogP contribution in [-0.2, 0) is 35.4 Å². The Morgan fingerprint density at radius 1 is 0.980 bits per heavy atom. The number of esters is 1. The van der Waals surface area contributed by atoms with Gasteiger partial charge in [-0.05, 0) is 62.4 Å². The van der Waals surface area contributed by atoms with E-state index >= 15 is 0 Å². The molecule has 2 aromatic carbocycles. The number of hydroxylamine groups is 2. The Hall–Kier alpha value is -5.46. The summed E-state index contributed by atoms with van der Waals surface area (Å²) < 4.78 is 16.6. The zero-order valence-corrected chi connectivity index (χ0v) is 29.2. The van der Waals surface area contributed by atoms with Crippen molar-refractivity contribution in [2.24, 2.45) is 11.3 Å². The van der Waals surface area contributed by atoms with E-state index in [4.69, 9.17) is 18.7 Å². The molecule has 13 nitrogen and oxygen atoms in total. The first-order valence-corrected chi connectivity index (χ1v) is 17.2. The Bertz CT molecular complexity index is 1670. The highest BCUT2D eigenvalue weighted by molar-refractivity contribution is 5.92. The molecule has 1 saturated carbocycles. The normalized spacial score (nSPS) is 13.9. The molecule has 0 radical (unpaired) electrons. The van der Waals surface area contributed by atoms with Crippen LogP contribution < -0.4 is 15.4 Å². The summed E-state index contributed by atoms with van der Waals surface area (Å²) in [6.45, 7) is 5.06. The Morgan fingerprint density at radius 3 is 2.41 bits per heavy atom. The van der Waals surface area contributed by atoms with Gasteiger partial charge in [-0.25, -0.2) is 9.59 Å². The van der Waals surface area contributed by atoms with Gasteiger partial charge in [0, 0.05) is 5.56 Å². The van der Waals surface area contributed by atoms with Gasteiger partial charge in [-0.2, -0.15) is 5.06 Å². The highest BCUT2D eigenvalue weighted by Gasteiger charge is 2.48. The molecule has 4 rings (SSSR count). The molecule has 13 heteroatoms. The molecule has 0 spiro atoms. The topological polar surface area (TPSA) is 171 Å². The van der Waals surface area contributed by atoms with Crippen molar-refractivity contribution in [2.45, 2.75) is 78.4 Å². The zero-order chi connectivity index (χ0) is 36.8. The van der Waals surface area contributed by atoms with E-state index < -0.39 is 47.7 Å². The van der Waals surface area contributed by atoms with Crippen LogP contribution in [0.3, 0.4) is 0 Å². The average molecular weight is 704 g/mol. The van der Waals surface area contributed by atoms with Gasteiger partial charge in [0.15, 0.2) is 18.7 Å². The van der Waals surface area contributed by atoms with E-state index in [1.165, 1.54) is 18.2 Å². The van der Waals surface area contributed by atoms with Gasteiger partial charge >= 0.3 is 11.9 Å². The first kappa shape index (κ1) is 38.3. The molecule has 2 atom stereocenters. The summed E-state index contributed by atoms with van der Waals surface area (Å²) in [5.41, 5.74) is 0.905. The number of unbranched alkanes of at least 4 members (excludes halogenated alkanes) is 2. The molecule has 0 bridgehead atoms. The Balaban J connectivity index is 1.34. The number of nitrogens with zero attached hydrogens (tertiary/aromatic N) is 1. The summed E-state index contributed by atoms with van der Waals surface area (Å²) in [6, 6.07) is 16.1. The van der Waals surface area contributed by atoms with Crippen LogP contribution in [0.5, 0.6) is 5.75 Å². The van der Waals surface area contributed by atoms with E-state index in [-0.39, 0.29) is 30.3 Å². The van der Waals surface area contributed by atoms with E-state index in [0.29, 0.717) is 49.7 Å². The second-order valence-electron chi connectivity index (χ2n) is 12.7. The Labute approximate surface area is 296 Å². The Morgan fingerprint density at radius 2 is 1.75 bits per heavy atom. The minimum Gasteiger partial charge on any atom is -0.481 e. The molecule has 1 fully saturated rings. The van der Waals surface area contributed by atoms with Gasteiger partial charge in [0.1, 0.15) is 18.1 Å². The third kappa shape index (κ3) is 10.8. The van der Waals surface area contributed by atoms with Crippen molar-refractivity contribution in [3.63, 3.8) is 0 Å². The molecule has 1 heterocycles. The number of benzene rings is 2. The number of nitrogens with one attached hydrogen (secondary N) is 2. The number of ether oxygens (including phenoxy) is 2. The lowest BCUT2D eigenvalue weighted by Gasteiger charge is -2.32. The second-order valence-corrected chi connectivity index (χ2v) is 12.7. The summed E-state index contributed by atoms with van der Waals surface area (Å²) in [5, 5.41) is 6.28. The van der Waals surface area contributed by atoms with Crippen molar-refractivity contribution in [1.29, 1.82) is 0 Å². The highest BCUT2D eigenvalue weighted by Crippen LogP contribution is 2.46. The Kier molecular flexibility index (Phi) is 13.9. The molecule has 2 N–H and O–H groups in total. The molecule has 0 saturated heterocycles. The highest BCUT2D eigenvalue weighted by atomic mass is 16.7. The van der Waals surface area contributed by atoms with Crippen LogP contribution in [0.1, 0.15) is 92.2 Å². The van der Waals surface area contributed by atoms with Crippen LogP contribution >= 0.6 is 0 Å². The third-order valence-electron chi connectivity index (χ3n) is 8.80. The fraction of sp³-hybridized carbons (Fsp3) is 0.421. The van der Waals surface area contributed by atoms with Crippen molar-refractivity contribution in [2.75, 3.05) is 13.3 Å². The number of rotatable bonds is 21. The maximum Gasteiger partial charge on any atom is 0.344 e. The zero-order valence-electron chi connectivity index (χ0n) is 29.2. The van der Waals surface area contributed by atoms with Crippen LogP contribution in [0, 0.1) is 11.3 Å². The van der Waals surface area contributed by atoms with Gasteiger partial charge in [-0.15, -0.1) is 0 Å². The number of hydrogen-bond acceptors (Lipinski definition) is 10. The van der Waals surface area contributed by atoms with Crippen molar-refractivity contribution < 1.29 is 47.5 Å². The number of furan rings is 1. The first-order valence-electron chi connectivity index (χ1n) is 17.2. The minimum absolute atomic E-state index is 0.0378. The van der Waals surface area contributed by atoms with Gasteiger partial charge in [0.2, 0.25) is 12.3 Å². The van der Waals surface area contributed by atoms with Crippen LogP contribution in [0.4, 0.5) is 0 Å². The van der Waals surface area contributed by atoms with E-state index in [1.54, 1.807) is 19.1 Å². The van der Waals surface area contributed by atoms with E-state index in [9.17, 15) is 28.8 Å². The van der Waals surface area contributed by atoms with E-state index in [1.807, 2.05) is 44.2 Å². The first-order chi connectivity index (χ1) is 24.6. The fourth-order valence-corrected chi connectivity index (χ4v) is 5.39. The standard InChI is InChI=1S/C38H45N3O10/c1-4-6-8-13-29(30(5-2)41(25-43)51-37(47)38(3)18-19-38)35(45)39-24-40-36(46)32-17-16-31(50-32)27-14-15-28(21-42)33(20-27)48-23-34(44)49-22-26-11-9-7-10-12-26/h7,9-12,14-17,20-21,25,29-30H,4-6,8,13,18-19,22-24H2,1-3H3,(H,39,45)(H,40,46). The van der Waals surface area contributed by atoms with Crippen LogP contribution in [0.15, 0.2) is 65.1 Å². The van der Waals surface area contributed by atoms with Crippen molar-refractivity contribution >= 4 is 36.4 Å². The summed E-state index contributed by atoms with van der Waals surface area (Å²) in [7, 11) is 0. The molecular weight excluding hydrogens is 658 g/mol. The molecular formula is C38H45N3O10. The largest absolute Gasteiger partial charge is 0.481 e. The second kappa shape index (κ2) is 18.5. The summed E-state index contributed by atoms with van der Waals surface area (Å²) >= 11 is 0. The molecule has 0 aliphatic heterocycles. The maximum atomic E-state index is 13.4. The van der Waals surface area contributed by atoms with Crippen molar-refractivity contribution in [3.8, 4) is 17.1 Å². The summed E-state index contributed by atoms with van der Waals surface area (Å²) in [6.07, 6.45) is 5.76. The van der Waals surface area contributed by atoms with Gasteiger partial charge in [0.05, 0.1) is 29.6 Å². The molecule has 272 valence electrons. The fourth-order valence-electron chi connectivity index (χ4n) is 5.39. The number of amides is 3. The predicted octanol–water partition coefficient (Wildman–Crippen LogP) is 5.38. The average Bonchev–Trinajstić information content (AvgIpc) is 3.71. The van der Waals surface area contributed by atoms with Crippen LogP contribution in [0.2, 0.25) is 0 Å². The molecule has 2 unspecified atom stereocenters. The van der Waals surface area contributed by atoms with Gasteiger partial charge in [0.25, 0.3) is 5.91 Å². The van der Waals surface area contributed by atoms with Crippen molar-refractivity contribution in [3.05, 3.63) is 77.6 Å². The van der Waals surface area contributed by atoms with Gasteiger partial charge in [-0.3, -0.25) is 19.2 Å². The quantitative estimate of drug-likeness (QED) is 0.0483. The lowest BCUT2D eigenvalue weighted by Crippen LogP contribution is -2.49. The monoisotopic (exact) mass is 703 g/mol. The smallest absolute Gasteiger partial charge is 0.344 e. The van der Waals surface area contributed by atoms with E-state index in [2.05, 4.69) is 10.6 Å². The number of carbonyl (C=O) groups is 6. The molecule has 1 aliphatic rings. The summed E-state index contributed by atoms with van der Waals surface area (Å²) in [4.78, 5) is 80.3. The molecule has 1 aromatic heterocycles. The summed E-state index contributed by atoms with van der Waals surface area (Å²) in [5.74, 6) is -2.40. The van der Waals surface area contributed by atoms with Crippen LogP contribution in [-0.4, -0.2) is 60.8 Å².